The van der Waals surface area contributed by atoms with E-state index in [0.717, 1.165) is 0 Å². The molecular weight excluding hydrogens is 912 g/mol. The van der Waals surface area contributed by atoms with Crippen LogP contribution in [0.3, 0.4) is 0 Å². The summed E-state index contributed by atoms with van der Waals surface area (Å²) in [7, 11) is 0. The quantitative estimate of drug-likeness (QED) is 0.122. The maximum absolute atomic E-state index is 2.40. The molecule has 12 aromatic carbocycles. The average Bonchev–Trinajstić information content (AvgIpc) is 4.09. The maximum atomic E-state index is 2.40. The molecule has 0 N–H and O–H groups in total. The summed E-state index contributed by atoms with van der Waals surface area (Å²) in [6.45, 7) is 0. The molecule has 0 amide bonds. The molecule has 0 fully saturated rings. The standard InChI is InChI=1S/C64H36S2Se/c1-3-19-39-37(17-1)57(47-27-14-34-54-61(47)45-25-9-11-32-52(45)65-54)38-18-2-4-20-40(38)59(39)49-29-16-36-56-63(49)51-31-13-30-50(64(51)67-56)60-43-23-7-5-21-41(43)58(42-22-6-8-24-44(42)60)48-28-15-35-55-62(48)46-26-10-12-33-53(46)66-55/h1-36H. The monoisotopic (exact) mass is 948 g/mol. The first-order valence-corrected chi connectivity index (χ1v) is 26.3. The molecule has 15 aromatic rings. The number of fused-ring (bicyclic) bond motifs is 13. The van der Waals surface area contributed by atoms with Crippen LogP contribution in [-0.2, 0) is 0 Å². The minimum absolute atomic E-state index is 0.0839. The first-order chi connectivity index (χ1) is 33.3. The summed E-state index contributed by atoms with van der Waals surface area (Å²) in [6.07, 6.45) is 0. The Labute approximate surface area is 400 Å². The zero-order valence-electron chi connectivity index (χ0n) is 36.0. The van der Waals surface area contributed by atoms with E-state index in [2.05, 4.69) is 218 Å². The van der Waals surface area contributed by atoms with Crippen LogP contribution in [0.15, 0.2) is 218 Å². The van der Waals surface area contributed by atoms with Gasteiger partial charge in [-0.05, 0) is 0 Å². The van der Waals surface area contributed by atoms with Crippen molar-refractivity contribution in [1.29, 1.82) is 0 Å². The third-order valence-electron chi connectivity index (χ3n) is 14.3. The fourth-order valence-electron chi connectivity index (χ4n) is 11.6. The fraction of sp³-hybridized carbons (Fsp3) is 0. The van der Waals surface area contributed by atoms with Crippen LogP contribution in [0.5, 0.6) is 0 Å². The Kier molecular flexibility index (Phi) is 8.22. The van der Waals surface area contributed by atoms with Gasteiger partial charge in [0, 0.05) is 0 Å². The molecule has 0 nitrogen and oxygen atoms in total. The Morgan fingerprint density at radius 3 is 0.955 bits per heavy atom. The fourth-order valence-corrected chi connectivity index (χ4v) is 16.5. The summed E-state index contributed by atoms with van der Waals surface area (Å²) in [5, 5.41) is 18.5. The van der Waals surface area contributed by atoms with Gasteiger partial charge < -0.3 is 0 Å². The second kappa shape index (κ2) is 14.6. The number of rotatable bonds is 4. The van der Waals surface area contributed by atoms with Crippen molar-refractivity contribution < 1.29 is 0 Å². The summed E-state index contributed by atoms with van der Waals surface area (Å²) in [6, 6.07) is 82.5. The van der Waals surface area contributed by atoms with Crippen molar-refractivity contribution in [3.63, 3.8) is 0 Å². The van der Waals surface area contributed by atoms with Gasteiger partial charge in [0.1, 0.15) is 0 Å². The Balaban J connectivity index is 1.01. The Bertz CT molecular complexity index is 4470. The van der Waals surface area contributed by atoms with Crippen molar-refractivity contribution in [2.75, 3.05) is 0 Å². The van der Waals surface area contributed by atoms with E-state index < -0.39 is 0 Å². The van der Waals surface area contributed by atoms with Gasteiger partial charge in [0.25, 0.3) is 0 Å². The van der Waals surface area contributed by atoms with E-state index in [0.29, 0.717) is 0 Å². The molecule has 3 heterocycles. The molecule has 3 heteroatoms. The Hall–Kier alpha value is -7.36. The summed E-state index contributed by atoms with van der Waals surface area (Å²) in [5.74, 6) is 0. The van der Waals surface area contributed by atoms with Crippen molar-refractivity contribution in [3.05, 3.63) is 218 Å². The third-order valence-corrected chi connectivity index (χ3v) is 19.1. The predicted molar refractivity (Wildman–Crippen MR) is 296 cm³/mol. The summed E-state index contributed by atoms with van der Waals surface area (Å²) in [4.78, 5) is 0. The van der Waals surface area contributed by atoms with Crippen molar-refractivity contribution in [1.82, 2.24) is 0 Å². The van der Waals surface area contributed by atoms with Crippen LogP contribution in [-0.4, -0.2) is 14.5 Å². The van der Waals surface area contributed by atoms with Gasteiger partial charge in [-0.1, -0.05) is 6.07 Å². The molecule has 67 heavy (non-hydrogen) atoms. The molecule has 0 unspecified atom stereocenters. The Morgan fingerprint density at radius 2 is 0.522 bits per heavy atom. The molecule has 0 saturated heterocycles. The molecule has 3 aromatic heterocycles. The van der Waals surface area contributed by atoms with E-state index in [1.54, 1.807) is 0 Å². The van der Waals surface area contributed by atoms with Crippen LogP contribution < -0.4 is 0 Å². The van der Waals surface area contributed by atoms with Gasteiger partial charge in [0.15, 0.2) is 0 Å². The van der Waals surface area contributed by atoms with Gasteiger partial charge in [-0.15, -0.1) is 0 Å². The van der Waals surface area contributed by atoms with Gasteiger partial charge in [-0.3, -0.25) is 0 Å². The minimum atomic E-state index is 0.0839. The molecule has 0 radical (unpaired) electrons. The molecule has 0 saturated carbocycles. The van der Waals surface area contributed by atoms with E-state index in [4.69, 9.17) is 0 Å². The predicted octanol–water partition coefficient (Wildman–Crippen LogP) is 19.1. The molecule has 15 rings (SSSR count). The van der Waals surface area contributed by atoms with E-state index in [-0.39, 0.29) is 14.5 Å². The average molecular weight is 948 g/mol. The molecule has 0 aliphatic carbocycles. The van der Waals surface area contributed by atoms with Gasteiger partial charge in [0.05, 0.1) is 0 Å². The van der Waals surface area contributed by atoms with Crippen LogP contribution in [0.4, 0.5) is 0 Å². The van der Waals surface area contributed by atoms with E-state index in [1.807, 2.05) is 22.7 Å². The van der Waals surface area contributed by atoms with Crippen LogP contribution >= 0.6 is 22.7 Å². The molecular formula is C64H36S2Se. The number of thiophene rings is 2. The summed E-state index contributed by atoms with van der Waals surface area (Å²) >= 11 is 3.87. The summed E-state index contributed by atoms with van der Waals surface area (Å²) < 4.78 is 8.23. The third kappa shape index (κ3) is 5.40. The van der Waals surface area contributed by atoms with Crippen LogP contribution in [0.2, 0.25) is 0 Å². The first kappa shape index (κ1) is 37.8. The normalized spacial score (nSPS) is 12.2. The molecule has 0 spiro atoms. The number of hydrogen-bond acceptors (Lipinski definition) is 2. The van der Waals surface area contributed by atoms with E-state index in [1.165, 1.54) is 147 Å². The zero-order valence-corrected chi connectivity index (χ0v) is 39.4. The molecule has 0 aliphatic rings. The zero-order chi connectivity index (χ0) is 43.7. The summed E-state index contributed by atoms with van der Waals surface area (Å²) in [5.41, 5.74) is 10.6. The number of hydrogen-bond donors (Lipinski definition) is 0. The topological polar surface area (TPSA) is 0 Å². The van der Waals surface area contributed by atoms with Crippen molar-refractivity contribution in [3.8, 4) is 44.5 Å². The van der Waals surface area contributed by atoms with Crippen molar-refractivity contribution in [2.45, 2.75) is 0 Å². The van der Waals surface area contributed by atoms with Crippen LogP contribution in [0, 0.1) is 0 Å². The van der Waals surface area contributed by atoms with Gasteiger partial charge in [-0.2, -0.15) is 0 Å². The van der Waals surface area contributed by atoms with Crippen LogP contribution in [0.1, 0.15) is 0 Å². The van der Waals surface area contributed by atoms with E-state index in [9.17, 15) is 0 Å². The van der Waals surface area contributed by atoms with Gasteiger partial charge in [-0.25, -0.2) is 0 Å². The van der Waals surface area contributed by atoms with Gasteiger partial charge >= 0.3 is 397 Å². The number of benzene rings is 12. The molecule has 0 bridgehead atoms. The van der Waals surface area contributed by atoms with Crippen molar-refractivity contribution in [2.24, 2.45) is 0 Å². The molecule has 0 atom stereocenters. The van der Waals surface area contributed by atoms with E-state index >= 15 is 0 Å². The van der Waals surface area contributed by atoms with Crippen LogP contribution in [0.25, 0.3) is 147 Å². The second-order valence-corrected chi connectivity index (χ2v) is 22.1. The second-order valence-electron chi connectivity index (χ2n) is 17.7. The SMILES string of the molecule is c1ccc2c(c1)sc1cccc(-c3c4ccccc4c(-c4cccc5c4[se]c4cccc(-c6c7ccccc7c(-c7cccc8sc9ccccc9c78)c7ccccc67)c45)c4ccccc34)c12. The molecule has 310 valence electrons. The van der Waals surface area contributed by atoms with Crippen molar-refractivity contribution >= 4 is 140 Å². The van der Waals surface area contributed by atoms with Gasteiger partial charge in [0.2, 0.25) is 0 Å². The first-order valence-electron chi connectivity index (χ1n) is 22.9. The molecule has 0 aliphatic heterocycles. The Morgan fingerprint density at radius 1 is 0.224 bits per heavy atom.